The highest BCUT2D eigenvalue weighted by atomic mass is 16.5. The summed E-state index contributed by atoms with van der Waals surface area (Å²) in [5.74, 6) is 0.978. The molecule has 1 aliphatic rings. The van der Waals surface area contributed by atoms with Crippen molar-refractivity contribution in [3.63, 3.8) is 0 Å². The second-order valence-corrected chi connectivity index (χ2v) is 5.18. The molecule has 1 aromatic rings. The van der Waals surface area contributed by atoms with Gasteiger partial charge < -0.3 is 10.1 Å². The van der Waals surface area contributed by atoms with Crippen molar-refractivity contribution in [2.24, 2.45) is 5.41 Å². The molecule has 3 nitrogen and oxygen atoms in total. The average Bonchev–Trinajstić information content (AvgIpc) is 2.80. The molecule has 0 radical (unpaired) electrons. The van der Waals surface area contributed by atoms with Crippen LogP contribution in [0.25, 0.3) is 0 Å². The van der Waals surface area contributed by atoms with Gasteiger partial charge in [-0.2, -0.15) is 0 Å². The summed E-state index contributed by atoms with van der Waals surface area (Å²) >= 11 is 0. The summed E-state index contributed by atoms with van der Waals surface area (Å²) in [6.45, 7) is 4.67. The number of carbonyl (C=O) groups excluding carboxylic acids is 1. The van der Waals surface area contributed by atoms with Gasteiger partial charge in [0.05, 0.1) is 6.61 Å². The van der Waals surface area contributed by atoms with E-state index in [0.717, 1.165) is 37.1 Å². The lowest BCUT2D eigenvalue weighted by Gasteiger charge is -2.22. The number of nitrogens with one attached hydrogen (secondary N) is 1. The Morgan fingerprint density at radius 1 is 1.28 bits per heavy atom. The fourth-order valence-electron chi connectivity index (χ4n) is 2.47. The van der Waals surface area contributed by atoms with Gasteiger partial charge in [-0.1, -0.05) is 19.8 Å². The quantitative estimate of drug-likeness (QED) is 0.882. The van der Waals surface area contributed by atoms with E-state index in [0.29, 0.717) is 6.61 Å². The maximum absolute atomic E-state index is 12.2. The lowest BCUT2D eigenvalue weighted by Crippen LogP contribution is -2.30. The molecular weight excluding hydrogens is 226 g/mol. The van der Waals surface area contributed by atoms with Crippen molar-refractivity contribution in [1.29, 1.82) is 0 Å². The number of hydrogen-bond acceptors (Lipinski definition) is 2. The molecule has 0 spiro atoms. The summed E-state index contributed by atoms with van der Waals surface area (Å²) in [4.78, 5) is 12.2. The lowest BCUT2D eigenvalue weighted by atomic mass is 9.88. The predicted octanol–water partition coefficient (Wildman–Crippen LogP) is 3.60. The van der Waals surface area contributed by atoms with Crippen LogP contribution in [-0.2, 0) is 4.79 Å². The lowest BCUT2D eigenvalue weighted by molar-refractivity contribution is -0.124. The normalized spacial score (nSPS) is 17.4. The van der Waals surface area contributed by atoms with Crippen molar-refractivity contribution in [3.05, 3.63) is 24.3 Å². The molecule has 0 aliphatic heterocycles. The molecule has 1 amide bonds. The molecule has 2 rings (SSSR count). The minimum atomic E-state index is -0.182. The van der Waals surface area contributed by atoms with Gasteiger partial charge in [0.1, 0.15) is 5.75 Å². The molecule has 3 heteroatoms. The van der Waals surface area contributed by atoms with Crippen molar-refractivity contribution in [2.75, 3.05) is 11.9 Å². The largest absolute Gasteiger partial charge is 0.494 e. The number of rotatable bonds is 4. The van der Waals surface area contributed by atoms with Gasteiger partial charge in [-0.25, -0.2) is 0 Å². The van der Waals surface area contributed by atoms with Crippen LogP contribution in [-0.4, -0.2) is 12.5 Å². The maximum Gasteiger partial charge on any atom is 0.230 e. The van der Waals surface area contributed by atoms with Crippen LogP contribution in [0.5, 0.6) is 5.75 Å². The molecule has 1 saturated carbocycles. The fraction of sp³-hybridized carbons (Fsp3) is 0.533. The third-order valence-corrected chi connectivity index (χ3v) is 3.68. The zero-order chi connectivity index (χ0) is 13.0. The Morgan fingerprint density at radius 3 is 2.44 bits per heavy atom. The number of hydrogen-bond donors (Lipinski definition) is 1. The van der Waals surface area contributed by atoms with Crippen LogP contribution >= 0.6 is 0 Å². The first-order valence-electron chi connectivity index (χ1n) is 6.68. The molecule has 0 aromatic heterocycles. The highest BCUT2D eigenvalue weighted by Gasteiger charge is 2.36. The predicted molar refractivity (Wildman–Crippen MR) is 72.8 cm³/mol. The first-order valence-corrected chi connectivity index (χ1v) is 6.68. The van der Waals surface area contributed by atoms with Gasteiger partial charge in [-0.3, -0.25) is 4.79 Å². The number of amides is 1. The SMILES string of the molecule is CCOc1ccc(NC(=O)C2(C)CCCC2)cc1. The molecule has 1 aliphatic carbocycles. The van der Waals surface area contributed by atoms with E-state index in [4.69, 9.17) is 4.74 Å². The van der Waals surface area contributed by atoms with E-state index in [1.807, 2.05) is 31.2 Å². The number of ether oxygens (including phenoxy) is 1. The van der Waals surface area contributed by atoms with E-state index in [2.05, 4.69) is 12.2 Å². The third kappa shape index (κ3) is 2.84. The van der Waals surface area contributed by atoms with Gasteiger partial charge in [0.15, 0.2) is 0 Å². The first-order chi connectivity index (χ1) is 8.64. The fourth-order valence-corrected chi connectivity index (χ4v) is 2.47. The van der Waals surface area contributed by atoms with Crippen LogP contribution in [0.4, 0.5) is 5.69 Å². The van der Waals surface area contributed by atoms with E-state index in [-0.39, 0.29) is 11.3 Å². The Balaban J connectivity index is 1.98. The Labute approximate surface area is 109 Å². The van der Waals surface area contributed by atoms with E-state index in [1.54, 1.807) is 0 Å². The highest BCUT2D eigenvalue weighted by Crippen LogP contribution is 2.38. The molecule has 0 atom stereocenters. The average molecular weight is 247 g/mol. The number of carbonyl (C=O) groups is 1. The topological polar surface area (TPSA) is 38.3 Å². The van der Waals surface area contributed by atoms with Gasteiger partial charge in [0.25, 0.3) is 0 Å². The minimum absolute atomic E-state index is 0.143. The first kappa shape index (κ1) is 12.9. The van der Waals surface area contributed by atoms with Crippen molar-refractivity contribution in [2.45, 2.75) is 39.5 Å². The van der Waals surface area contributed by atoms with Crippen LogP contribution < -0.4 is 10.1 Å². The zero-order valence-electron chi connectivity index (χ0n) is 11.2. The van der Waals surface area contributed by atoms with Gasteiger partial charge in [-0.05, 0) is 44.0 Å². The standard InChI is InChI=1S/C15H21NO2/c1-3-18-13-8-6-12(7-9-13)16-14(17)15(2)10-4-5-11-15/h6-9H,3-5,10-11H2,1-2H3,(H,16,17). The summed E-state index contributed by atoms with van der Waals surface area (Å²) in [6, 6.07) is 7.55. The molecule has 0 bridgehead atoms. The molecule has 0 unspecified atom stereocenters. The van der Waals surface area contributed by atoms with Crippen LogP contribution in [0.1, 0.15) is 39.5 Å². The minimum Gasteiger partial charge on any atom is -0.494 e. The zero-order valence-corrected chi connectivity index (χ0v) is 11.2. The Morgan fingerprint density at radius 2 is 1.89 bits per heavy atom. The molecular formula is C15H21NO2. The van der Waals surface area contributed by atoms with Crippen LogP contribution in [0.2, 0.25) is 0 Å². The van der Waals surface area contributed by atoms with Crippen LogP contribution in [0.3, 0.4) is 0 Å². The molecule has 18 heavy (non-hydrogen) atoms. The van der Waals surface area contributed by atoms with Crippen molar-refractivity contribution in [3.8, 4) is 5.75 Å². The summed E-state index contributed by atoms with van der Waals surface area (Å²) < 4.78 is 5.37. The van der Waals surface area contributed by atoms with Gasteiger partial charge >= 0.3 is 0 Å². The molecule has 0 saturated heterocycles. The van der Waals surface area contributed by atoms with Crippen molar-refractivity contribution in [1.82, 2.24) is 0 Å². The number of anilines is 1. The summed E-state index contributed by atoms with van der Waals surface area (Å²) in [5.41, 5.74) is 0.662. The van der Waals surface area contributed by atoms with E-state index >= 15 is 0 Å². The monoisotopic (exact) mass is 247 g/mol. The Bertz CT molecular complexity index is 405. The molecule has 1 N–H and O–H groups in total. The highest BCUT2D eigenvalue weighted by molar-refractivity contribution is 5.95. The summed E-state index contributed by atoms with van der Waals surface area (Å²) in [6.07, 6.45) is 4.31. The van der Waals surface area contributed by atoms with Gasteiger partial charge in [-0.15, -0.1) is 0 Å². The smallest absolute Gasteiger partial charge is 0.230 e. The molecule has 1 aromatic carbocycles. The summed E-state index contributed by atoms with van der Waals surface area (Å²) in [5, 5.41) is 3.00. The van der Waals surface area contributed by atoms with E-state index < -0.39 is 0 Å². The molecule has 0 heterocycles. The van der Waals surface area contributed by atoms with Gasteiger partial charge in [0, 0.05) is 11.1 Å². The second kappa shape index (κ2) is 5.42. The summed E-state index contributed by atoms with van der Waals surface area (Å²) in [7, 11) is 0. The van der Waals surface area contributed by atoms with Crippen LogP contribution in [0, 0.1) is 5.41 Å². The van der Waals surface area contributed by atoms with Crippen LogP contribution in [0.15, 0.2) is 24.3 Å². The van der Waals surface area contributed by atoms with Crippen molar-refractivity contribution >= 4 is 11.6 Å². The number of benzene rings is 1. The molecule has 1 fully saturated rings. The Kier molecular flexibility index (Phi) is 3.90. The van der Waals surface area contributed by atoms with E-state index in [1.165, 1.54) is 0 Å². The van der Waals surface area contributed by atoms with Gasteiger partial charge in [0.2, 0.25) is 5.91 Å². The second-order valence-electron chi connectivity index (χ2n) is 5.18. The van der Waals surface area contributed by atoms with Crippen molar-refractivity contribution < 1.29 is 9.53 Å². The Hall–Kier alpha value is -1.51. The molecule has 98 valence electrons. The maximum atomic E-state index is 12.2. The van der Waals surface area contributed by atoms with E-state index in [9.17, 15) is 4.79 Å². The third-order valence-electron chi connectivity index (χ3n) is 3.68.